The van der Waals surface area contributed by atoms with E-state index in [1.807, 2.05) is 6.07 Å². The van der Waals surface area contributed by atoms with Crippen LogP contribution in [0.2, 0.25) is 0 Å². The minimum atomic E-state index is -2.73. The normalized spacial score (nSPS) is 9.88. The average Bonchev–Trinajstić information content (AvgIpc) is 2.28. The van der Waals surface area contributed by atoms with E-state index in [1.54, 1.807) is 6.07 Å². The number of nitrogens with two attached hydrogens (primary N) is 1. The maximum atomic E-state index is 12.6. The van der Waals surface area contributed by atoms with Gasteiger partial charge < -0.3 is 5.73 Å². The molecule has 0 atom stereocenters. The Hall–Kier alpha value is -2.05. The first-order valence-electron chi connectivity index (χ1n) is 4.42. The van der Waals surface area contributed by atoms with E-state index in [0.717, 1.165) is 6.07 Å². The Morgan fingerprint density at radius 1 is 1.38 bits per heavy atom. The summed E-state index contributed by atoms with van der Waals surface area (Å²) in [6.07, 6.45) is -2.83. The van der Waals surface area contributed by atoms with Crippen molar-refractivity contribution in [3.8, 4) is 12.1 Å². The highest BCUT2D eigenvalue weighted by molar-refractivity contribution is 5.40. The fourth-order valence-electron chi connectivity index (χ4n) is 1.27. The maximum Gasteiger partial charge on any atom is 0.265 e. The molecule has 0 spiro atoms. The van der Waals surface area contributed by atoms with E-state index in [1.165, 1.54) is 0 Å². The van der Waals surface area contributed by atoms with Gasteiger partial charge in [-0.25, -0.2) is 8.78 Å². The molecule has 0 saturated heterocycles. The van der Waals surface area contributed by atoms with E-state index in [-0.39, 0.29) is 35.5 Å². The topological polar surface area (TPSA) is 86.5 Å². The third-order valence-corrected chi connectivity index (χ3v) is 2.01. The third kappa shape index (κ3) is 2.30. The number of hydrogen-bond donors (Lipinski definition) is 1. The summed E-state index contributed by atoms with van der Waals surface area (Å²) in [4.78, 5) is 3.82. The molecule has 0 aliphatic rings. The van der Waals surface area contributed by atoms with Crippen LogP contribution in [0.15, 0.2) is 6.07 Å². The molecule has 0 bridgehead atoms. The zero-order valence-corrected chi connectivity index (χ0v) is 8.24. The van der Waals surface area contributed by atoms with Crippen LogP contribution >= 0.6 is 0 Å². The van der Waals surface area contributed by atoms with Crippen molar-refractivity contribution < 1.29 is 8.78 Å². The van der Waals surface area contributed by atoms with Crippen molar-refractivity contribution in [3.05, 3.63) is 28.6 Å². The van der Waals surface area contributed by atoms with Crippen LogP contribution in [0.1, 0.15) is 28.9 Å². The maximum absolute atomic E-state index is 12.6. The molecule has 6 heteroatoms. The lowest BCUT2D eigenvalue weighted by Crippen LogP contribution is -2.09. The molecule has 16 heavy (non-hydrogen) atoms. The molecule has 0 aliphatic carbocycles. The number of aromatic nitrogens is 1. The molecule has 0 amide bonds. The van der Waals surface area contributed by atoms with Crippen LogP contribution in [0, 0.1) is 22.7 Å². The van der Waals surface area contributed by atoms with E-state index < -0.39 is 6.43 Å². The first-order chi connectivity index (χ1) is 7.63. The second kappa shape index (κ2) is 5.15. The van der Waals surface area contributed by atoms with Gasteiger partial charge in [-0.05, 0) is 6.07 Å². The molecule has 0 saturated carbocycles. The van der Waals surface area contributed by atoms with E-state index in [4.69, 9.17) is 16.3 Å². The molecule has 1 aromatic heterocycles. The second-order valence-electron chi connectivity index (χ2n) is 2.97. The van der Waals surface area contributed by atoms with Crippen molar-refractivity contribution in [1.29, 1.82) is 10.5 Å². The monoisotopic (exact) mass is 222 g/mol. The first kappa shape index (κ1) is 12.0. The minimum absolute atomic E-state index is 0.00551. The molecule has 1 heterocycles. The van der Waals surface area contributed by atoms with Gasteiger partial charge >= 0.3 is 0 Å². The fourth-order valence-corrected chi connectivity index (χ4v) is 1.27. The number of nitriles is 2. The standard InChI is InChI=1S/C10H8F2N4/c11-10(12)7-3-6(4-14)8(1-2-13)16-9(7)5-15/h3,10H,1,5,15H2. The summed E-state index contributed by atoms with van der Waals surface area (Å²) in [7, 11) is 0. The van der Waals surface area contributed by atoms with Gasteiger partial charge in [-0.3, -0.25) is 4.98 Å². The van der Waals surface area contributed by atoms with E-state index in [9.17, 15) is 8.78 Å². The van der Waals surface area contributed by atoms with Gasteiger partial charge in [-0.2, -0.15) is 10.5 Å². The molecular weight excluding hydrogens is 214 g/mol. The highest BCUT2D eigenvalue weighted by atomic mass is 19.3. The van der Waals surface area contributed by atoms with Crippen molar-refractivity contribution in [2.45, 2.75) is 19.4 Å². The summed E-state index contributed by atoms with van der Waals surface area (Å²) in [6.45, 7) is -0.149. The SMILES string of the molecule is N#CCc1nc(CN)c(C(F)F)cc1C#N. The zero-order valence-electron chi connectivity index (χ0n) is 8.24. The molecule has 0 unspecified atom stereocenters. The van der Waals surface area contributed by atoms with E-state index in [2.05, 4.69) is 4.98 Å². The van der Waals surface area contributed by atoms with Crippen molar-refractivity contribution >= 4 is 0 Å². The number of pyridine rings is 1. The van der Waals surface area contributed by atoms with Gasteiger partial charge in [0.25, 0.3) is 6.43 Å². The van der Waals surface area contributed by atoms with E-state index in [0.29, 0.717) is 0 Å². The summed E-state index contributed by atoms with van der Waals surface area (Å²) in [5, 5.41) is 17.2. The van der Waals surface area contributed by atoms with Crippen LogP contribution in [-0.2, 0) is 13.0 Å². The number of halogens is 2. The molecule has 0 radical (unpaired) electrons. The second-order valence-corrected chi connectivity index (χ2v) is 2.97. The van der Waals surface area contributed by atoms with Gasteiger partial charge in [0.15, 0.2) is 0 Å². The van der Waals surface area contributed by atoms with Gasteiger partial charge in [0.2, 0.25) is 0 Å². The smallest absolute Gasteiger partial charge is 0.265 e. The summed E-state index contributed by atoms with van der Waals surface area (Å²) in [5.74, 6) is 0. The van der Waals surface area contributed by atoms with Crippen LogP contribution in [0.3, 0.4) is 0 Å². The van der Waals surface area contributed by atoms with Crippen LogP contribution in [-0.4, -0.2) is 4.98 Å². The summed E-state index contributed by atoms with van der Waals surface area (Å²) in [6, 6.07) is 4.60. The summed E-state index contributed by atoms with van der Waals surface area (Å²) in [5.41, 5.74) is 5.15. The molecule has 0 aromatic carbocycles. The third-order valence-electron chi connectivity index (χ3n) is 2.01. The number of rotatable bonds is 3. The first-order valence-corrected chi connectivity index (χ1v) is 4.42. The number of nitrogens with zero attached hydrogens (tertiary/aromatic N) is 3. The molecule has 4 nitrogen and oxygen atoms in total. The number of alkyl halides is 2. The van der Waals surface area contributed by atoms with Crippen molar-refractivity contribution in [1.82, 2.24) is 4.98 Å². The average molecular weight is 222 g/mol. The summed E-state index contributed by atoms with van der Waals surface area (Å²) < 4.78 is 25.2. The van der Waals surface area contributed by atoms with Crippen molar-refractivity contribution in [2.75, 3.05) is 0 Å². The minimum Gasteiger partial charge on any atom is -0.325 e. The Labute approximate surface area is 90.9 Å². The van der Waals surface area contributed by atoms with Crippen LogP contribution in [0.5, 0.6) is 0 Å². The quantitative estimate of drug-likeness (QED) is 0.837. The highest BCUT2D eigenvalue weighted by Crippen LogP contribution is 2.24. The Morgan fingerprint density at radius 2 is 2.06 bits per heavy atom. The lowest BCUT2D eigenvalue weighted by molar-refractivity contribution is 0.149. The molecule has 1 rings (SSSR count). The van der Waals surface area contributed by atoms with Gasteiger partial charge in [-0.15, -0.1) is 0 Å². The van der Waals surface area contributed by atoms with Gasteiger partial charge in [0.1, 0.15) is 6.07 Å². The predicted octanol–water partition coefficient (Wildman–Crippen LogP) is 1.42. The molecule has 2 N–H and O–H groups in total. The van der Waals surface area contributed by atoms with Crippen LogP contribution in [0.4, 0.5) is 8.78 Å². The Kier molecular flexibility index (Phi) is 3.87. The van der Waals surface area contributed by atoms with Crippen LogP contribution < -0.4 is 5.73 Å². The highest BCUT2D eigenvalue weighted by Gasteiger charge is 2.17. The molecule has 82 valence electrons. The van der Waals surface area contributed by atoms with E-state index >= 15 is 0 Å². The Morgan fingerprint density at radius 3 is 2.50 bits per heavy atom. The van der Waals surface area contributed by atoms with Gasteiger partial charge in [0.05, 0.1) is 29.4 Å². The van der Waals surface area contributed by atoms with Gasteiger partial charge in [0, 0.05) is 12.1 Å². The Balaban J connectivity index is 3.36. The molecule has 0 aliphatic heterocycles. The lowest BCUT2D eigenvalue weighted by atomic mass is 10.1. The predicted molar refractivity (Wildman–Crippen MR) is 51.1 cm³/mol. The largest absolute Gasteiger partial charge is 0.325 e. The van der Waals surface area contributed by atoms with Gasteiger partial charge in [-0.1, -0.05) is 0 Å². The fraction of sp³-hybridized carbons (Fsp3) is 0.300. The Bertz CT molecular complexity index is 471. The molecule has 0 fully saturated rings. The number of hydrogen-bond acceptors (Lipinski definition) is 4. The molecular formula is C10H8F2N4. The van der Waals surface area contributed by atoms with Crippen molar-refractivity contribution in [2.24, 2.45) is 5.73 Å². The van der Waals surface area contributed by atoms with Crippen molar-refractivity contribution in [3.63, 3.8) is 0 Å². The van der Waals surface area contributed by atoms with Crippen LogP contribution in [0.25, 0.3) is 0 Å². The summed E-state index contributed by atoms with van der Waals surface area (Å²) >= 11 is 0. The molecule has 1 aromatic rings. The zero-order chi connectivity index (χ0) is 12.1. The lowest BCUT2D eigenvalue weighted by Gasteiger charge is -2.08.